The summed E-state index contributed by atoms with van der Waals surface area (Å²) in [5.74, 6) is 0.0371. The first-order valence-electron chi connectivity index (χ1n) is 5.26. The predicted molar refractivity (Wildman–Crippen MR) is 67.2 cm³/mol. The lowest BCUT2D eigenvalue weighted by Crippen LogP contribution is -2.54. The molecule has 1 aliphatic heterocycles. The number of benzene rings is 1. The second-order valence-corrected chi connectivity index (χ2v) is 5.12. The Labute approximate surface area is 100 Å². The molecule has 1 aromatic rings. The van der Waals surface area contributed by atoms with Crippen LogP contribution in [0.15, 0.2) is 18.2 Å². The minimum Gasteiger partial charge on any atom is -0.381 e. The number of fused-ring (bicyclic) bond motifs is 1. The molecule has 0 saturated carbocycles. The van der Waals surface area contributed by atoms with Crippen LogP contribution in [0.5, 0.6) is 0 Å². The number of hydrogen-bond acceptors (Lipinski definition) is 2. The summed E-state index contributed by atoms with van der Waals surface area (Å²) in [5.41, 5.74) is 1.58. The second kappa shape index (κ2) is 3.67. The highest BCUT2D eigenvalue weighted by molar-refractivity contribution is 6.31. The fraction of sp³-hybridized carbons (Fsp3) is 0.417. The fourth-order valence-corrected chi connectivity index (χ4v) is 2.32. The number of amides is 1. The van der Waals surface area contributed by atoms with Gasteiger partial charge in [-0.1, -0.05) is 11.6 Å². The highest BCUT2D eigenvalue weighted by Gasteiger charge is 2.35. The van der Waals surface area contributed by atoms with Gasteiger partial charge in [0.1, 0.15) is 0 Å². The zero-order valence-electron chi connectivity index (χ0n) is 9.67. The third kappa shape index (κ3) is 1.76. The molecule has 86 valence electrons. The van der Waals surface area contributed by atoms with Crippen molar-refractivity contribution in [3.63, 3.8) is 0 Å². The lowest BCUT2D eigenvalue weighted by Gasteiger charge is -2.43. The van der Waals surface area contributed by atoms with Gasteiger partial charge in [-0.3, -0.25) is 4.79 Å². The van der Waals surface area contributed by atoms with E-state index in [1.807, 2.05) is 32.0 Å². The Morgan fingerprint density at radius 2 is 2.19 bits per heavy atom. The van der Waals surface area contributed by atoms with Gasteiger partial charge in [-0.15, -0.1) is 0 Å². The van der Waals surface area contributed by atoms with Crippen molar-refractivity contribution < 1.29 is 4.79 Å². The minimum atomic E-state index is -0.233. The number of halogens is 1. The summed E-state index contributed by atoms with van der Waals surface area (Å²) in [6.07, 6.45) is 0. The molecule has 0 radical (unpaired) electrons. The smallest absolute Gasteiger partial charge is 0.224 e. The van der Waals surface area contributed by atoms with E-state index in [-0.39, 0.29) is 11.4 Å². The summed E-state index contributed by atoms with van der Waals surface area (Å²) in [5, 5.41) is 3.96. The van der Waals surface area contributed by atoms with Crippen LogP contribution < -0.4 is 10.2 Å². The van der Waals surface area contributed by atoms with Gasteiger partial charge >= 0.3 is 0 Å². The summed E-state index contributed by atoms with van der Waals surface area (Å²) < 4.78 is 0. The van der Waals surface area contributed by atoms with Gasteiger partial charge in [0.2, 0.25) is 5.91 Å². The molecule has 4 heteroatoms. The Hall–Kier alpha value is -1.22. The number of carbonyl (C=O) groups is 1. The molecule has 3 nitrogen and oxygen atoms in total. The number of nitrogens with one attached hydrogen (secondary N) is 1. The molecule has 0 unspecified atom stereocenters. The Balaban J connectivity index is 2.57. The van der Waals surface area contributed by atoms with E-state index in [0.717, 1.165) is 17.9 Å². The second-order valence-electron chi connectivity index (χ2n) is 4.68. The Kier molecular flexibility index (Phi) is 2.58. The molecular weight excluding hydrogens is 224 g/mol. The van der Waals surface area contributed by atoms with Gasteiger partial charge in [0, 0.05) is 18.5 Å². The largest absolute Gasteiger partial charge is 0.381 e. The monoisotopic (exact) mass is 238 g/mol. The molecule has 1 aromatic carbocycles. The molecule has 1 amide bonds. The molecular formula is C12H15ClN2O. The maximum absolute atomic E-state index is 11.7. The molecule has 1 aliphatic rings. The van der Waals surface area contributed by atoms with E-state index in [0.29, 0.717) is 5.02 Å². The van der Waals surface area contributed by atoms with Crippen LogP contribution in [0.2, 0.25) is 5.02 Å². The highest BCUT2D eigenvalue weighted by Crippen LogP contribution is 2.37. The SMILES string of the molecule is CC(=O)N1c2cc(Cl)ccc2NCC1(C)C. The number of rotatable bonds is 0. The summed E-state index contributed by atoms with van der Waals surface area (Å²) in [7, 11) is 0. The highest BCUT2D eigenvalue weighted by atomic mass is 35.5. The summed E-state index contributed by atoms with van der Waals surface area (Å²) in [6.45, 7) is 6.38. The topological polar surface area (TPSA) is 32.3 Å². The predicted octanol–water partition coefficient (Wildman–Crippen LogP) is 2.90. The van der Waals surface area contributed by atoms with Crippen LogP contribution in [0, 0.1) is 0 Å². The molecule has 0 aromatic heterocycles. The molecule has 0 fully saturated rings. The number of nitrogens with zero attached hydrogens (tertiary/aromatic N) is 1. The van der Waals surface area contributed by atoms with Crippen molar-refractivity contribution in [3.05, 3.63) is 23.2 Å². The first kappa shape index (κ1) is 11.3. The lowest BCUT2D eigenvalue weighted by atomic mass is 9.97. The first-order valence-corrected chi connectivity index (χ1v) is 5.64. The molecule has 0 bridgehead atoms. The Morgan fingerprint density at radius 1 is 1.50 bits per heavy atom. The average molecular weight is 239 g/mol. The Bertz CT molecular complexity index is 443. The normalized spacial score (nSPS) is 17.6. The van der Waals surface area contributed by atoms with Crippen molar-refractivity contribution in [2.45, 2.75) is 26.3 Å². The number of carbonyl (C=O) groups excluding carboxylic acids is 1. The number of hydrogen-bond donors (Lipinski definition) is 1. The van der Waals surface area contributed by atoms with E-state index < -0.39 is 0 Å². The minimum absolute atomic E-state index is 0.0371. The van der Waals surface area contributed by atoms with E-state index in [9.17, 15) is 4.79 Å². The third-order valence-electron chi connectivity index (χ3n) is 2.83. The summed E-state index contributed by atoms with van der Waals surface area (Å²) >= 11 is 5.97. The Morgan fingerprint density at radius 3 is 2.81 bits per heavy atom. The molecule has 0 aliphatic carbocycles. The van der Waals surface area contributed by atoms with E-state index in [4.69, 9.17) is 11.6 Å². The van der Waals surface area contributed by atoms with Crippen molar-refractivity contribution in [2.75, 3.05) is 16.8 Å². The fourth-order valence-electron chi connectivity index (χ4n) is 2.15. The summed E-state index contributed by atoms with van der Waals surface area (Å²) in [4.78, 5) is 13.5. The van der Waals surface area contributed by atoms with Crippen LogP contribution in [-0.2, 0) is 4.79 Å². The van der Waals surface area contributed by atoms with Gasteiger partial charge in [-0.05, 0) is 32.0 Å². The molecule has 0 spiro atoms. The molecule has 1 N–H and O–H groups in total. The van der Waals surface area contributed by atoms with Gasteiger partial charge in [0.05, 0.1) is 16.9 Å². The van der Waals surface area contributed by atoms with Gasteiger partial charge in [0.15, 0.2) is 0 Å². The maximum atomic E-state index is 11.7. The van der Waals surface area contributed by atoms with Crippen molar-refractivity contribution in [3.8, 4) is 0 Å². The van der Waals surface area contributed by atoms with Crippen molar-refractivity contribution >= 4 is 28.9 Å². The molecule has 1 heterocycles. The van der Waals surface area contributed by atoms with E-state index in [1.54, 1.807) is 11.8 Å². The maximum Gasteiger partial charge on any atom is 0.224 e. The first-order chi connectivity index (χ1) is 7.42. The van der Waals surface area contributed by atoms with E-state index >= 15 is 0 Å². The molecule has 0 atom stereocenters. The van der Waals surface area contributed by atoms with Crippen LogP contribution in [0.3, 0.4) is 0 Å². The molecule has 0 saturated heterocycles. The molecule has 2 rings (SSSR count). The van der Waals surface area contributed by atoms with E-state index in [2.05, 4.69) is 5.32 Å². The lowest BCUT2D eigenvalue weighted by molar-refractivity contribution is -0.117. The van der Waals surface area contributed by atoms with Gasteiger partial charge in [0.25, 0.3) is 0 Å². The average Bonchev–Trinajstić information content (AvgIpc) is 2.15. The molecule has 16 heavy (non-hydrogen) atoms. The van der Waals surface area contributed by atoms with Crippen LogP contribution in [-0.4, -0.2) is 18.0 Å². The van der Waals surface area contributed by atoms with Crippen molar-refractivity contribution in [1.82, 2.24) is 0 Å². The van der Waals surface area contributed by atoms with Gasteiger partial charge in [-0.2, -0.15) is 0 Å². The number of anilines is 2. The van der Waals surface area contributed by atoms with Crippen LogP contribution in [0.1, 0.15) is 20.8 Å². The summed E-state index contributed by atoms with van der Waals surface area (Å²) in [6, 6.07) is 5.55. The zero-order valence-corrected chi connectivity index (χ0v) is 10.4. The van der Waals surface area contributed by atoms with Crippen LogP contribution >= 0.6 is 11.6 Å². The standard InChI is InChI=1S/C12H15ClN2O/c1-8(16)15-11-6-9(13)4-5-10(11)14-7-12(15,2)3/h4-6,14H,7H2,1-3H3. The van der Waals surface area contributed by atoms with Gasteiger partial charge < -0.3 is 10.2 Å². The van der Waals surface area contributed by atoms with Crippen molar-refractivity contribution in [1.29, 1.82) is 0 Å². The van der Waals surface area contributed by atoms with Crippen LogP contribution in [0.25, 0.3) is 0 Å². The zero-order chi connectivity index (χ0) is 11.9. The van der Waals surface area contributed by atoms with Crippen molar-refractivity contribution in [2.24, 2.45) is 0 Å². The third-order valence-corrected chi connectivity index (χ3v) is 3.07. The van der Waals surface area contributed by atoms with E-state index in [1.165, 1.54) is 0 Å². The quantitative estimate of drug-likeness (QED) is 0.754. The van der Waals surface area contributed by atoms with Crippen LogP contribution in [0.4, 0.5) is 11.4 Å². The van der Waals surface area contributed by atoms with Gasteiger partial charge in [-0.25, -0.2) is 0 Å².